The van der Waals surface area contributed by atoms with E-state index in [1.165, 1.54) is 16.4 Å². The van der Waals surface area contributed by atoms with Gasteiger partial charge in [0.2, 0.25) is 15.9 Å². The molecule has 33 heavy (non-hydrogen) atoms. The fraction of sp³-hybridized carbons (Fsp3) is 0.348. The molecule has 2 saturated heterocycles. The minimum atomic E-state index is -3.71. The van der Waals surface area contributed by atoms with Gasteiger partial charge in [-0.05, 0) is 35.9 Å². The first-order chi connectivity index (χ1) is 15.9. The zero-order chi connectivity index (χ0) is 23.3. The second-order valence-corrected chi connectivity index (χ2v) is 9.98. The molecule has 0 radical (unpaired) electrons. The van der Waals surface area contributed by atoms with E-state index in [1.807, 2.05) is 12.1 Å². The van der Waals surface area contributed by atoms with Crippen molar-refractivity contribution >= 4 is 45.0 Å². The van der Waals surface area contributed by atoms with E-state index in [0.29, 0.717) is 68.9 Å². The van der Waals surface area contributed by atoms with Crippen LogP contribution in [0.25, 0.3) is 6.08 Å². The number of ether oxygens (including phenoxy) is 2. The maximum Gasteiger partial charge on any atom is 0.248 e. The molecule has 2 heterocycles. The third kappa shape index (κ3) is 5.74. The van der Waals surface area contributed by atoms with Gasteiger partial charge in [-0.1, -0.05) is 29.8 Å². The van der Waals surface area contributed by atoms with Crippen molar-refractivity contribution in [3.05, 3.63) is 59.1 Å². The Bertz CT molecular complexity index is 1130. The molecule has 0 saturated carbocycles. The number of rotatable bonds is 6. The van der Waals surface area contributed by atoms with Crippen LogP contribution in [-0.2, 0) is 24.3 Å². The number of halogens is 1. The lowest BCUT2D eigenvalue weighted by atomic mass is 10.2. The zero-order valence-electron chi connectivity index (χ0n) is 18.1. The van der Waals surface area contributed by atoms with E-state index in [0.717, 1.165) is 5.69 Å². The Balaban J connectivity index is 1.62. The van der Waals surface area contributed by atoms with Crippen LogP contribution in [0.3, 0.4) is 0 Å². The van der Waals surface area contributed by atoms with Gasteiger partial charge in [0.25, 0.3) is 0 Å². The van der Waals surface area contributed by atoms with E-state index in [1.54, 1.807) is 30.3 Å². The van der Waals surface area contributed by atoms with Crippen LogP contribution in [0.2, 0.25) is 5.02 Å². The molecular formula is C23H26ClN3O5S. The molecule has 1 amide bonds. The summed E-state index contributed by atoms with van der Waals surface area (Å²) in [7, 11) is -3.71. The van der Waals surface area contributed by atoms with Gasteiger partial charge >= 0.3 is 0 Å². The molecule has 2 aromatic carbocycles. The maximum absolute atomic E-state index is 13.2. The summed E-state index contributed by atoms with van der Waals surface area (Å²) in [6.45, 7) is 3.75. The van der Waals surface area contributed by atoms with Gasteiger partial charge in [0, 0.05) is 37.3 Å². The van der Waals surface area contributed by atoms with Gasteiger partial charge in [-0.2, -0.15) is 4.31 Å². The number of hydrogen-bond donors (Lipinski definition) is 1. The van der Waals surface area contributed by atoms with E-state index in [2.05, 4.69) is 10.2 Å². The monoisotopic (exact) mass is 491 g/mol. The van der Waals surface area contributed by atoms with Crippen molar-refractivity contribution in [2.75, 3.05) is 62.8 Å². The van der Waals surface area contributed by atoms with Crippen molar-refractivity contribution < 1.29 is 22.7 Å². The number of morpholine rings is 2. The summed E-state index contributed by atoms with van der Waals surface area (Å²) in [6, 6.07) is 12.1. The van der Waals surface area contributed by atoms with E-state index in [9.17, 15) is 13.2 Å². The summed E-state index contributed by atoms with van der Waals surface area (Å²) in [5.74, 6) is -0.384. The van der Waals surface area contributed by atoms with Crippen LogP contribution in [0.5, 0.6) is 0 Å². The van der Waals surface area contributed by atoms with Crippen LogP contribution in [0, 0.1) is 0 Å². The van der Waals surface area contributed by atoms with Gasteiger partial charge in [-0.3, -0.25) is 4.79 Å². The molecule has 0 bridgehead atoms. The van der Waals surface area contributed by atoms with Crippen LogP contribution in [0.4, 0.5) is 11.4 Å². The average molecular weight is 492 g/mol. The highest BCUT2D eigenvalue weighted by molar-refractivity contribution is 7.89. The standard InChI is InChI=1S/C23H26ClN3O5S/c24-20-4-2-1-3-18(20)5-8-23(28)25-21-17-19(33(29,30)27-11-15-32-16-12-27)6-7-22(21)26-9-13-31-14-10-26/h1-8,17H,9-16H2,(H,25,28)/b8-5+. The SMILES string of the molecule is O=C(/C=C/c1ccccc1Cl)Nc1cc(S(=O)(=O)N2CCOCC2)ccc1N1CCOCC1. The third-order valence-electron chi connectivity index (χ3n) is 5.50. The van der Waals surface area contributed by atoms with Gasteiger partial charge < -0.3 is 19.7 Å². The predicted molar refractivity (Wildman–Crippen MR) is 128 cm³/mol. The minimum absolute atomic E-state index is 0.131. The lowest BCUT2D eigenvalue weighted by Gasteiger charge is -2.31. The third-order valence-corrected chi connectivity index (χ3v) is 7.74. The van der Waals surface area contributed by atoms with Crippen molar-refractivity contribution in [2.24, 2.45) is 0 Å². The summed E-state index contributed by atoms with van der Waals surface area (Å²) in [4.78, 5) is 14.9. The largest absolute Gasteiger partial charge is 0.379 e. The van der Waals surface area contributed by atoms with Crippen LogP contribution >= 0.6 is 11.6 Å². The molecule has 4 rings (SSSR count). The molecule has 2 fully saturated rings. The molecule has 2 aliphatic heterocycles. The van der Waals surface area contributed by atoms with Gasteiger partial charge in [0.15, 0.2) is 0 Å². The molecular weight excluding hydrogens is 466 g/mol. The highest BCUT2D eigenvalue weighted by atomic mass is 35.5. The summed E-state index contributed by atoms with van der Waals surface area (Å²) >= 11 is 6.16. The Kier molecular flexibility index (Phi) is 7.67. The molecule has 0 aliphatic carbocycles. The van der Waals surface area contributed by atoms with Crippen molar-refractivity contribution in [1.82, 2.24) is 4.31 Å². The van der Waals surface area contributed by atoms with Crippen molar-refractivity contribution in [3.8, 4) is 0 Å². The smallest absolute Gasteiger partial charge is 0.248 e. The normalized spacial score (nSPS) is 17.9. The van der Waals surface area contributed by atoms with Crippen LogP contribution in [-0.4, -0.2) is 71.2 Å². The molecule has 1 N–H and O–H groups in total. The molecule has 2 aromatic rings. The molecule has 0 aromatic heterocycles. The highest BCUT2D eigenvalue weighted by Crippen LogP contribution is 2.31. The van der Waals surface area contributed by atoms with Gasteiger partial charge in [0.05, 0.1) is 42.7 Å². The molecule has 10 heteroatoms. The molecule has 8 nitrogen and oxygen atoms in total. The number of nitrogens with zero attached hydrogens (tertiary/aromatic N) is 2. The fourth-order valence-corrected chi connectivity index (χ4v) is 5.38. The number of anilines is 2. The molecule has 2 aliphatic rings. The maximum atomic E-state index is 13.2. The number of sulfonamides is 1. The van der Waals surface area contributed by atoms with Gasteiger partial charge in [-0.25, -0.2) is 8.42 Å². The first-order valence-electron chi connectivity index (χ1n) is 10.7. The average Bonchev–Trinajstić information content (AvgIpc) is 2.84. The van der Waals surface area contributed by atoms with E-state index in [4.69, 9.17) is 21.1 Å². The zero-order valence-corrected chi connectivity index (χ0v) is 19.6. The van der Waals surface area contributed by atoms with Crippen molar-refractivity contribution in [1.29, 1.82) is 0 Å². The fourth-order valence-electron chi connectivity index (χ4n) is 3.74. The van der Waals surface area contributed by atoms with Crippen molar-refractivity contribution in [2.45, 2.75) is 4.90 Å². The Morgan fingerprint density at radius 2 is 1.64 bits per heavy atom. The molecule has 0 spiro atoms. The number of benzene rings is 2. The first-order valence-corrected chi connectivity index (χ1v) is 12.6. The predicted octanol–water partition coefficient (Wildman–Crippen LogP) is 2.85. The highest BCUT2D eigenvalue weighted by Gasteiger charge is 2.28. The molecule has 0 atom stereocenters. The van der Waals surface area contributed by atoms with Crippen LogP contribution in [0.15, 0.2) is 53.4 Å². The minimum Gasteiger partial charge on any atom is -0.379 e. The van der Waals surface area contributed by atoms with E-state index >= 15 is 0 Å². The van der Waals surface area contributed by atoms with Gasteiger partial charge in [0.1, 0.15) is 0 Å². The second kappa shape index (κ2) is 10.7. The summed E-state index contributed by atoms with van der Waals surface area (Å²) in [5.41, 5.74) is 1.89. The first kappa shape index (κ1) is 23.7. The number of carbonyl (C=O) groups excluding carboxylic acids is 1. The van der Waals surface area contributed by atoms with Crippen molar-refractivity contribution in [3.63, 3.8) is 0 Å². The van der Waals surface area contributed by atoms with Gasteiger partial charge in [-0.15, -0.1) is 0 Å². The summed E-state index contributed by atoms with van der Waals surface area (Å²) in [5, 5.41) is 3.39. The quantitative estimate of drug-likeness (QED) is 0.625. The lowest BCUT2D eigenvalue weighted by Crippen LogP contribution is -2.40. The van der Waals surface area contributed by atoms with Crippen LogP contribution < -0.4 is 10.2 Å². The Morgan fingerprint density at radius 1 is 0.970 bits per heavy atom. The summed E-state index contributed by atoms with van der Waals surface area (Å²) < 4.78 is 38.4. The number of hydrogen-bond acceptors (Lipinski definition) is 6. The van der Waals surface area contributed by atoms with E-state index in [-0.39, 0.29) is 10.8 Å². The Labute approximate surface area is 198 Å². The summed E-state index contributed by atoms with van der Waals surface area (Å²) in [6.07, 6.45) is 3.01. The number of carbonyl (C=O) groups is 1. The molecule has 176 valence electrons. The van der Waals surface area contributed by atoms with Crippen LogP contribution in [0.1, 0.15) is 5.56 Å². The Hall–Kier alpha value is -2.43. The Morgan fingerprint density at radius 3 is 2.33 bits per heavy atom. The van der Waals surface area contributed by atoms with E-state index < -0.39 is 10.0 Å². The lowest BCUT2D eigenvalue weighted by molar-refractivity contribution is -0.111. The number of nitrogens with one attached hydrogen (secondary N) is 1. The second-order valence-electron chi connectivity index (χ2n) is 7.64. The number of amides is 1. The topological polar surface area (TPSA) is 88.2 Å². The molecule has 0 unspecified atom stereocenters.